The van der Waals surface area contributed by atoms with Gasteiger partial charge in [0.05, 0.1) is 0 Å². The second-order valence-electron chi connectivity index (χ2n) is 7.21. The molecule has 6 nitrogen and oxygen atoms in total. The van der Waals surface area contributed by atoms with Gasteiger partial charge in [-0.1, -0.05) is 60.7 Å². The number of nitrogens with zero attached hydrogens (tertiary/aromatic N) is 1. The van der Waals surface area contributed by atoms with E-state index in [9.17, 15) is 14.4 Å². The minimum atomic E-state index is -0.657. The smallest absolute Gasteiger partial charge is 0.325 e. The first kappa shape index (κ1) is 20.3. The molecule has 2 amide bonds. The third-order valence-corrected chi connectivity index (χ3v) is 5.19. The van der Waals surface area contributed by atoms with Gasteiger partial charge >= 0.3 is 5.97 Å². The number of ether oxygens (including phenoxy) is 1. The van der Waals surface area contributed by atoms with Crippen molar-refractivity contribution in [3.8, 4) is 11.1 Å². The lowest BCUT2D eigenvalue weighted by molar-refractivity contribution is -0.146. The van der Waals surface area contributed by atoms with Crippen molar-refractivity contribution in [2.24, 2.45) is 0 Å². The molecule has 0 fully saturated rings. The minimum absolute atomic E-state index is 0.277. The molecule has 1 aliphatic heterocycles. The fraction of sp³-hybridized carbons (Fsp3) is 0.160. The molecule has 1 aliphatic rings. The molecule has 1 N–H and O–H groups in total. The van der Waals surface area contributed by atoms with E-state index in [1.54, 1.807) is 17.0 Å². The lowest BCUT2D eigenvalue weighted by Crippen LogP contribution is -2.35. The number of benzene rings is 3. The largest absolute Gasteiger partial charge is 0.454 e. The van der Waals surface area contributed by atoms with Gasteiger partial charge in [0.1, 0.15) is 6.54 Å². The molecule has 0 radical (unpaired) electrons. The predicted molar refractivity (Wildman–Crippen MR) is 118 cm³/mol. The quantitative estimate of drug-likeness (QED) is 0.629. The summed E-state index contributed by atoms with van der Waals surface area (Å²) in [4.78, 5) is 38.3. The van der Waals surface area contributed by atoms with Gasteiger partial charge in [0.25, 0.3) is 11.8 Å². The van der Waals surface area contributed by atoms with Crippen LogP contribution in [0.15, 0.2) is 78.9 Å². The van der Waals surface area contributed by atoms with Gasteiger partial charge < -0.3 is 15.0 Å². The zero-order chi connectivity index (χ0) is 21.6. The highest BCUT2D eigenvalue weighted by Gasteiger charge is 2.24. The van der Waals surface area contributed by atoms with Crippen LogP contribution in [0.25, 0.3) is 11.1 Å². The van der Waals surface area contributed by atoms with E-state index in [2.05, 4.69) is 5.32 Å². The van der Waals surface area contributed by atoms with Crippen LogP contribution in [-0.4, -0.2) is 37.5 Å². The number of fused-ring (bicyclic) bond motifs is 1. The Morgan fingerprint density at radius 2 is 1.52 bits per heavy atom. The first-order valence-corrected chi connectivity index (χ1v) is 10.1. The molecule has 0 saturated heterocycles. The van der Waals surface area contributed by atoms with Crippen LogP contribution in [0, 0.1) is 0 Å². The molecule has 6 heteroatoms. The summed E-state index contributed by atoms with van der Waals surface area (Å²) in [6.07, 6.45) is 0.787. The SMILES string of the molecule is O=C(CNC(=O)c1ccc(-c2ccccc2)cc1)OCC(=O)N1CCc2ccccc21. The average Bonchev–Trinajstić information content (AvgIpc) is 3.26. The Hall–Kier alpha value is -3.93. The molecule has 1 heterocycles. The molecule has 0 aliphatic carbocycles. The topological polar surface area (TPSA) is 75.7 Å². The Morgan fingerprint density at radius 3 is 2.29 bits per heavy atom. The average molecular weight is 414 g/mol. The van der Waals surface area contributed by atoms with E-state index < -0.39 is 5.97 Å². The van der Waals surface area contributed by atoms with E-state index in [0.717, 1.165) is 28.8 Å². The molecule has 0 unspecified atom stereocenters. The van der Waals surface area contributed by atoms with Crippen LogP contribution < -0.4 is 10.2 Å². The number of nitrogens with one attached hydrogen (secondary N) is 1. The van der Waals surface area contributed by atoms with Gasteiger partial charge in [-0.2, -0.15) is 0 Å². The van der Waals surface area contributed by atoms with Crippen LogP contribution in [0.3, 0.4) is 0 Å². The van der Waals surface area contributed by atoms with Crippen molar-refractivity contribution < 1.29 is 19.1 Å². The lowest BCUT2D eigenvalue weighted by Gasteiger charge is -2.17. The molecular formula is C25H22N2O4. The Kier molecular flexibility index (Phi) is 6.08. The van der Waals surface area contributed by atoms with Gasteiger partial charge in [0, 0.05) is 17.8 Å². The monoisotopic (exact) mass is 414 g/mol. The zero-order valence-electron chi connectivity index (χ0n) is 16.9. The first-order chi connectivity index (χ1) is 15.1. The number of hydrogen-bond acceptors (Lipinski definition) is 4. The first-order valence-electron chi connectivity index (χ1n) is 10.1. The molecule has 0 bridgehead atoms. The Balaban J connectivity index is 1.24. The predicted octanol–water partition coefficient (Wildman–Crippen LogP) is 3.22. The van der Waals surface area contributed by atoms with Crippen LogP contribution >= 0.6 is 0 Å². The van der Waals surface area contributed by atoms with Crippen molar-refractivity contribution in [1.82, 2.24) is 5.32 Å². The van der Waals surface area contributed by atoms with Crippen LogP contribution in [-0.2, 0) is 20.7 Å². The van der Waals surface area contributed by atoms with Gasteiger partial charge in [0.15, 0.2) is 6.61 Å². The van der Waals surface area contributed by atoms with E-state index in [1.807, 2.05) is 66.7 Å². The minimum Gasteiger partial charge on any atom is -0.454 e. The zero-order valence-corrected chi connectivity index (χ0v) is 16.9. The molecular weight excluding hydrogens is 392 g/mol. The summed E-state index contributed by atoms with van der Waals surface area (Å²) in [6, 6.07) is 24.6. The van der Waals surface area contributed by atoms with E-state index in [0.29, 0.717) is 12.1 Å². The molecule has 31 heavy (non-hydrogen) atoms. The van der Waals surface area contributed by atoms with E-state index in [4.69, 9.17) is 4.74 Å². The van der Waals surface area contributed by atoms with Crippen LogP contribution in [0.4, 0.5) is 5.69 Å². The molecule has 3 aromatic carbocycles. The Bertz CT molecular complexity index is 1090. The van der Waals surface area contributed by atoms with E-state index in [1.165, 1.54) is 0 Å². The van der Waals surface area contributed by atoms with Gasteiger partial charge in [-0.05, 0) is 41.3 Å². The summed E-state index contributed by atoms with van der Waals surface area (Å²) in [6.45, 7) is -0.0800. The van der Waals surface area contributed by atoms with E-state index >= 15 is 0 Å². The molecule has 0 spiro atoms. The van der Waals surface area contributed by atoms with Crippen molar-refractivity contribution in [1.29, 1.82) is 0 Å². The molecule has 0 saturated carbocycles. The fourth-order valence-corrected chi connectivity index (χ4v) is 3.57. The summed E-state index contributed by atoms with van der Waals surface area (Å²) in [7, 11) is 0. The number of esters is 1. The number of hydrogen-bond donors (Lipinski definition) is 1. The summed E-state index contributed by atoms with van der Waals surface area (Å²) in [5, 5.41) is 2.53. The van der Waals surface area contributed by atoms with Crippen molar-refractivity contribution >= 4 is 23.5 Å². The Labute approximate surface area is 180 Å². The molecule has 3 aromatic rings. The van der Waals surface area contributed by atoms with Crippen molar-refractivity contribution in [2.75, 3.05) is 24.6 Å². The summed E-state index contributed by atoms with van der Waals surface area (Å²) in [5.41, 5.74) is 4.46. The Morgan fingerprint density at radius 1 is 0.839 bits per heavy atom. The number of amides is 2. The highest BCUT2D eigenvalue weighted by molar-refractivity contribution is 5.98. The highest BCUT2D eigenvalue weighted by Crippen LogP contribution is 2.27. The maximum Gasteiger partial charge on any atom is 0.325 e. The van der Waals surface area contributed by atoms with Gasteiger partial charge in [-0.15, -0.1) is 0 Å². The summed E-state index contributed by atoms with van der Waals surface area (Å²) in [5.74, 6) is -1.31. The molecule has 0 aromatic heterocycles. The number of anilines is 1. The molecule has 0 atom stereocenters. The second kappa shape index (κ2) is 9.26. The van der Waals surface area contributed by atoms with Crippen molar-refractivity contribution in [3.63, 3.8) is 0 Å². The highest BCUT2D eigenvalue weighted by atomic mass is 16.5. The molecule has 156 valence electrons. The summed E-state index contributed by atoms with van der Waals surface area (Å²) >= 11 is 0. The number of para-hydroxylation sites is 1. The maximum atomic E-state index is 12.4. The number of carbonyl (C=O) groups excluding carboxylic acids is 3. The van der Waals surface area contributed by atoms with Gasteiger partial charge in [-0.3, -0.25) is 14.4 Å². The third kappa shape index (κ3) is 4.80. The summed E-state index contributed by atoms with van der Waals surface area (Å²) < 4.78 is 5.05. The second-order valence-corrected chi connectivity index (χ2v) is 7.21. The standard InChI is InChI=1S/C25H22N2O4/c28-23(27-15-14-20-8-4-5-9-22(20)27)17-31-24(29)16-26-25(30)21-12-10-19(11-13-21)18-6-2-1-3-7-18/h1-13H,14-17H2,(H,26,30). The van der Waals surface area contributed by atoms with Crippen LogP contribution in [0.1, 0.15) is 15.9 Å². The van der Waals surface area contributed by atoms with Gasteiger partial charge in [-0.25, -0.2) is 0 Å². The normalized spacial score (nSPS) is 12.2. The van der Waals surface area contributed by atoms with Crippen molar-refractivity contribution in [2.45, 2.75) is 6.42 Å². The maximum absolute atomic E-state index is 12.4. The van der Waals surface area contributed by atoms with Crippen LogP contribution in [0.2, 0.25) is 0 Å². The van der Waals surface area contributed by atoms with Crippen molar-refractivity contribution in [3.05, 3.63) is 90.0 Å². The lowest BCUT2D eigenvalue weighted by atomic mass is 10.0. The fourth-order valence-electron chi connectivity index (χ4n) is 3.57. The van der Waals surface area contributed by atoms with Gasteiger partial charge in [0.2, 0.25) is 0 Å². The molecule has 4 rings (SSSR count). The van der Waals surface area contributed by atoms with E-state index in [-0.39, 0.29) is 25.0 Å². The number of carbonyl (C=O) groups is 3. The third-order valence-electron chi connectivity index (χ3n) is 5.19. The van der Waals surface area contributed by atoms with Crippen LogP contribution in [0.5, 0.6) is 0 Å². The number of rotatable bonds is 6.